The van der Waals surface area contributed by atoms with Crippen molar-refractivity contribution < 1.29 is 23.1 Å². The van der Waals surface area contributed by atoms with Crippen molar-refractivity contribution in [1.29, 1.82) is 0 Å². The summed E-state index contributed by atoms with van der Waals surface area (Å²) in [7, 11) is -3.39. The van der Waals surface area contributed by atoms with Crippen LogP contribution >= 0.6 is 0 Å². The van der Waals surface area contributed by atoms with Crippen molar-refractivity contribution in [1.82, 2.24) is 4.72 Å². The largest absolute Gasteiger partial charge is 0.481 e. The second kappa shape index (κ2) is 9.28. The van der Waals surface area contributed by atoms with Gasteiger partial charge in [0.15, 0.2) is 0 Å². The molecule has 0 unspecified atom stereocenters. The normalized spacial score (nSPS) is 13.7. The van der Waals surface area contributed by atoms with E-state index < -0.39 is 16.0 Å². The zero-order chi connectivity index (χ0) is 14.9. The average Bonchev–Trinajstić information content (AvgIpc) is 2.25. The summed E-state index contributed by atoms with van der Waals surface area (Å²) >= 11 is 0. The van der Waals surface area contributed by atoms with Gasteiger partial charge in [0, 0.05) is 19.6 Å². The predicted octanol–water partition coefficient (Wildman–Crippen LogP) is 1.08. The highest BCUT2D eigenvalue weighted by molar-refractivity contribution is 7.89. The fourth-order valence-electron chi connectivity index (χ4n) is 1.78. The SMILES string of the molecule is CCOCCS(=O)(=O)NC[C@H](CC(=O)O)CC(C)C. The summed E-state index contributed by atoms with van der Waals surface area (Å²) in [4.78, 5) is 10.7. The number of ether oxygens (including phenoxy) is 1. The second-order valence-corrected chi connectivity index (χ2v) is 6.88. The molecule has 19 heavy (non-hydrogen) atoms. The zero-order valence-electron chi connectivity index (χ0n) is 11.9. The molecule has 0 bridgehead atoms. The molecule has 0 amide bonds. The van der Waals surface area contributed by atoms with Gasteiger partial charge in [-0.1, -0.05) is 13.8 Å². The van der Waals surface area contributed by atoms with Gasteiger partial charge in [0.25, 0.3) is 0 Å². The van der Waals surface area contributed by atoms with E-state index in [1.54, 1.807) is 6.92 Å². The van der Waals surface area contributed by atoms with Crippen LogP contribution in [-0.4, -0.2) is 45.0 Å². The summed E-state index contributed by atoms with van der Waals surface area (Å²) in [5.74, 6) is -0.849. The van der Waals surface area contributed by atoms with Crippen molar-refractivity contribution in [3.8, 4) is 0 Å². The monoisotopic (exact) mass is 295 g/mol. The Morgan fingerprint density at radius 2 is 2.00 bits per heavy atom. The van der Waals surface area contributed by atoms with Gasteiger partial charge in [0.2, 0.25) is 10.0 Å². The number of sulfonamides is 1. The van der Waals surface area contributed by atoms with Gasteiger partial charge in [-0.25, -0.2) is 13.1 Å². The van der Waals surface area contributed by atoms with Crippen LogP contribution in [0, 0.1) is 11.8 Å². The highest BCUT2D eigenvalue weighted by Crippen LogP contribution is 2.15. The smallest absolute Gasteiger partial charge is 0.303 e. The Morgan fingerprint density at radius 3 is 2.47 bits per heavy atom. The van der Waals surface area contributed by atoms with E-state index in [1.807, 2.05) is 13.8 Å². The molecular formula is C12H25NO5S. The second-order valence-electron chi connectivity index (χ2n) is 4.96. The van der Waals surface area contributed by atoms with Crippen LogP contribution in [-0.2, 0) is 19.6 Å². The molecule has 0 aromatic heterocycles. The molecule has 0 radical (unpaired) electrons. The number of nitrogens with one attached hydrogen (secondary N) is 1. The predicted molar refractivity (Wildman–Crippen MR) is 73.5 cm³/mol. The van der Waals surface area contributed by atoms with Crippen LogP contribution in [0.25, 0.3) is 0 Å². The van der Waals surface area contributed by atoms with Crippen LogP contribution in [0.15, 0.2) is 0 Å². The summed E-state index contributed by atoms with van der Waals surface area (Å²) in [6.07, 6.45) is 0.659. The average molecular weight is 295 g/mol. The molecule has 2 N–H and O–H groups in total. The summed E-state index contributed by atoms with van der Waals surface area (Å²) in [5, 5.41) is 8.80. The molecule has 0 aromatic rings. The van der Waals surface area contributed by atoms with Crippen molar-refractivity contribution in [2.24, 2.45) is 11.8 Å². The van der Waals surface area contributed by atoms with E-state index in [4.69, 9.17) is 9.84 Å². The molecule has 0 aromatic carbocycles. The van der Waals surface area contributed by atoms with Gasteiger partial charge in [-0.15, -0.1) is 0 Å². The van der Waals surface area contributed by atoms with Gasteiger partial charge >= 0.3 is 5.97 Å². The third kappa shape index (κ3) is 10.9. The molecule has 0 aliphatic rings. The van der Waals surface area contributed by atoms with Crippen LogP contribution in [0.4, 0.5) is 0 Å². The minimum absolute atomic E-state index is 0.0217. The Morgan fingerprint density at radius 1 is 1.37 bits per heavy atom. The molecule has 0 aliphatic heterocycles. The fraction of sp³-hybridized carbons (Fsp3) is 0.917. The van der Waals surface area contributed by atoms with Crippen LogP contribution < -0.4 is 4.72 Å². The van der Waals surface area contributed by atoms with Gasteiger partial charge in [0.1, 0.15) is 0 Å². The van der Waals surface area contributed by atoms with Gasteiger partial charge in [-0.3, -0.25) is 4.79 Å². The van der Waals surface area contributed by atoms with Gasteiger partial charge < -0.3 is 9.84 Å². The van der Waals surface area contributed by atoms with Crippen LogP contribution in [0.3, 0.4) is 0 Å². The van der Waals surface area contributed by atoms with Gasteiger partial charge in [-0.05, 0) is 25.2 Å². The standard InChI is InChI=1S/C12H25NO5S/c1-4-18-5-6-19(16,17)13-9-11(7-10(2)3)8-12(14)15/h10-11,13H,4-9H2,1-3H3,(H,14,15)/t11-/m0/s1. The maximum absolute atomic E-state index is 11.6. The van der Waals surface area contributed by atoms with Crippen molar-refractivity contribution in [2.75, 3.05) is 25.5 Å². The Hall–Kier alpha value is -0.660. The first-order chi connectivity index (χ1) is 8.76. The molecule has 1 atom stereocenters. The van der Waals surface area contributed by atoms with E-state index in [-0.39, 0.29) is 31.2 Å². The van der Waals surface area contributed by atoms with E-state index in [1.165, 1.54) is 0 Å². The van der Waals surface area contributed by atoms with Crippen molar-refractivity contribution >= 4 is 16.0 Å². The van der Waals surface area contributed by atoms with Gasteiger partial charge in [0.05, 0.1) is 12.4 Å². The number of hydrogen-bond donors (Lipinski definition) is 2. The first-order valence-electron chi connectivity index (χ1n) is 6.53. The minimum atomic E-state index is -3.39. The lowest BCUT2D eigenvalue weighted by atomic mass is 9.94. The number of carboxylic acids is 1. The first-order valence-corrected chi connectivity index (χ1v) is 8.19. The third-order valence-electron chi connectivity index (χ3n) is 2.56. The molecule has 0 aliphatic carbocycles. The quantitative estimate of drug-likeness (QED) is 0.556. The Bertz CT molecular complexity index is 353. The van der Waals surface area contributed by atoms with E-state index in [0.717, 1.165) is 0 Å². The summed E-state index contributed by atoms with van der Waals surface area (Å²) in [6.45, 7) is 6.56. The summed E-state index contributed by atoms with van der Waals surface area (Å²) < 4.78 is 30.7. The van der Waals surface area contributed by atoms with Crippen LogP contribution in [0.5, 0.6) is 0 Å². The van der Waals surface area contributed by atoms with Crippen molar-refractivity contribution in [3.05, 3.63) is 0 Å². The Kier molecular flexibility index (Phi) is 8.95. The van der Waals surface area contributed by atoms with Gasteiger partial charge in [-0.2, -0.15) is 0 Å². The zero-order valence-corrected chi connectivity index (χ0v) is 12.7. The molecule has 0 rings (SSSR count). The number of rotatable bonds is 11. The topological polar surface area (TPSA) is 92.7 Å². The van der Waals surface area contributed by atoms with E-state index in [0.29, 0.717) is 18.9 Å². The van der Waals surface area contributed by atoms with E-state index >= 15 is 0 Å². The lowest BCUT2D eigenvalue weighted by Gasteiger charge is -2.17. The fourth-order valence-corrected chi connectivity index (χ4v) is 2.75. The maximum Gasteiger partial charge on any atom is 0.303 e. The van der Waals surface area contributed by atoms with Crippen molar-refractivity contribution in [3.63, 3.8) is 0 Å². The molecule has 0 heterocycles. The molecule has 7 heteroatoms. The maximum atomic E-state index is 11.6. The number of aliphatic carboxylic acids is 1. The third-order valence-corrected chi connectivity index (χ3v) is 3.87. The van der Waals surface area contributed by atoms with Crippen LogP contribution in [0.1, 0.15) is 33.6 Å². The molecule has 0 saturated heterocycles. The molecule has 6 nitrogen and oxygen atoms in total. The summed E-state index contributed by atoms with van der Waals surface area (Å²) in [6, 6.07) is 0. The molecule has 114 valence electrons. The highest BCUT2D eigenvalue weighted by Gasteiger charge is 2.18. The highest BCUT2D eigenvalue weighted by atomic mass is 32.2. The number of hydrogen-bond acceptors (Lipinski definition) is 4. The number of carboxylic acid groups (broad SMARTS) is 1. The molecule has 0 fully saturated rings. The molecule has 0 saturated carbocycles. The molecule has 0 spiro atoms. The Labute approximate surface area is 115 Å². The van der Waals surface area contributed by atoms with Crippen molar-refractivity contribution in [2.45, 2.75) is 33.6 Å². The first kappa shape index (κ1) is 18.3. The summed E-state index contributed by atoms with van der Waals surface area (Å²) in [5.41, 5.74) is 0. The van der Waals surface area contributed by atoms with E-state index in [2.05, 4.69) is 4.72 Å². The number of carbonyl (C=O) groups is 1. The molecular weight excluding hydrogens is 270 g/mol. The lowest BCUT2D eigenvalue weighted by molar-refractivity contribution is -0.138. The minimum Gasteiger partial charge on any atom is -0.481 e. The lowest BCUT2D eigenvalue weighted by Crippen LogP contribution is -2.33. The Balaban J connectivity index is 4.24. The van der Waals surface area contributed by atoms with Crippen LogP contribution in [0.2, 0.25) is 0 Å². The van der Waals surface area contributed by atoms with E-state index in [9.17, 15) is 13.2 Å².